The molecule has 9 rings (SSSR count). The number of hydrogen-bond acceptors (Lipinski definition) is 1. The highest BCUT2D eigenvalue weighted by molar-refractivity contribution is 5.88. The van der Waals surface area contributed by atoms with E-state index in [1.165, 1.54) is 96.7 Å². The van der Waals surface area contributed by atoms with Crippen molar-refractivity contribution >= 4 is 17.1 Å². The van der Waals surface area contributed by atoms with Gasteiger partial charge in [0.25, 0.3) is 0 Å². The molecule has 0 N–H and O–H groups in total. The fraction of sp³-hybridized carbons (Fsp3) is 0.250. The Morgan fingerprint density at radius 3 is 1.71 bits per heavy atom. The molecule has 0 spiro atoms. The van der Waals surface area contributed by atoms with Crippen molar-refractivity contribution in [3.8, 4) is 33.4 Å². The molecule has 242 valence electrons. The molecule has 1 heteroatoms. The first-order valence-corrected chi connectivity index (χ1v) is 18.0. The first kappa shape index (κ1) is 30.2. The van der Waals surface area contributed by atoms with E-state index in [0.29, 0.717) is 0 Å². The lowest BCUT2D eigenvalue weighted by molar-refractivity contribution is 0.332. The van der Waals surface area contributed by atoms with Gasteiger partial charge < -0.3 is 4.90 Å². The summed E-state index contributed by atoms with van der Waals surface area (Å²) in [6.07, 6.45) is 3.36. The molecule has 0 radical (unpaired) electrons. The number of fused-ring (bicyclic) bond motifs is 7. The van der Waals surface area contributed by atoms with Crippen molar-refractivity contribution in [2.75, 3.05) is 4.90 Å². The van der Waals surface area contributed by atoms with Crippen LogP contribution >= 0.6 is 0 Å². The Kier molecular flexibility index (Phi) is 6.51. The van der Waals surface area contributed by atoms with Crippen LogP contribution in [0.4, 0.5) is 17.1 Å². The van der Waals surface area contributed by atoms with Crippen molar-refractivity contribution in [2.24, 2.45) is 0 Å². The van der Waals surface area contributed by atoms with Crippen LogP contribution in [-0.2, 0) is 22.7 Å². The van der Waals surface area contributed by atoms with Crippen LogP contribution in [0, 0.1) is 0 Å². The summed E-state index contributed by atoms with van der Waals surface area (Å²) in [6.45, 7) is 14.5. The van der Waals surface area contributed by atoms with Gasteiger partial charge in [-0.15, -0.1) is 0 Å². The lowest BCUT2D eigenvalue weighted by atomic mass is 9.63. The average molecular weight is 636 g/mol. The summed E-state index contributed by atoms with van der Waals surface area (Å²) in [4.78, 5) is 2.52. The normalized spacial score (nSPS) is 17.0. The molecule has 3 aliphatic carbocycles. The van der Waals surface area contributed by atoms with Gasteiger partial charge in [-0.1, -0.05) is 133 Å². The molecule has 0 bridgehead atoms. The van der Waals surface area contributed by atoms with Gasteiger partial charge in [0, 0.05) is 22.5 Å². The smallest absolute Gasteiger partial charge is 0.0465 e. The van der Waals surface area contributed by atoms with Gasteiger partial charge in [0.2, 0.25) is 0 Å². The Morgan fingerprint density at radius 1 is 0.408 bits per heavy atom. The summed E-state index contributed by atoms with van der Waals surface area (Å²) >= 11 is 0. The van der Waals surface area contributed by atoms with Gasteiger partial charge >= 0.3 is 0 Å². The fourth-order valence-corrected chi connectivity index (χ4v) is 9.14. The van der Waals surface area contributed by atoms with Crippen LogP contribution in [0.1, 0.15) is 87.8 Å². The second-order valence-corrected chi connectivity index (χ2v) is 16.5. The van der Waals surface area contributed by atoms with Crippen molar-refractivity contribution in [3.05, 3.63) is 161 Å². The van der Waals surface area contributed by atoms with Gasteiger partial charge in [-0.05, 0) is 133 Å². The third kappa shape index (κ3) is 4.66. The molecule has 49 heavy (non-hydrogen) atoms. The van der Waals surface area contributed by atoms with Crippen molar-refractivity contribution < 1.29 is 0 Å². The molecule has 0 atom stereocenters. The van der Waals surface area contributed by atoms with E-state index in [1.807, 2.05) is 0 Å². The number of rotatable bonds is 4. The summed E-state index contributed by atoms with van der Waals surface area (Å²) in [6, 6.07) is 48.4. The lowest BCUT2D eigenvalue weighted by Crippen LogP contribution is -2.34. The maximum atomic E-state index is 2.52. The van der Waals surface area contributed by atoms with E-state index in [0.717, 1.165) is 6.42 Å². The van der Waals surface area contributed by atoms with Crippen molar-refractivity contribution in [1.29, 1.82) is 0 Å². The SMILES string of the molecule is CC1(C)CCC(C)(C)c2cc(N(c3ccc4c(c3)Cc3cc(-c5ccccc5)ccc3-4)c3ccc4c(c3)C(C)(C)c3ccccc3-4)ccc21. The van der Waals surface area contributed by atoms with E-state index >= 15 is 0 Å². The van der Waals surface area contributed by atoms with Crippen LogP contribution in [0.25, 0.3) is 33.4 Å². The first-order chi connectivity index (χ1) is 23.5. The summed E-state index contributed by atoms with van der Waals surface area (Å²) in [5.74, 6) is 0. The molecule has 0 unspecified atom stereocenters. The summed E-state index contributed by atoms with van der Waals surface area (Å²) in [5, 5.41) is 0. The van der Waals surface area contributed by atoms with E-state index < -0.39 is 0 Å². The summed E-state index contributed by atoms with van der Waals surface area (Å²) < 4.78 is 0. The number of anilines is 3. The maximum absolute atomic E-state index is 2.52. The quantitative estimate of drug-likeness (QED) is 0.186. The van der Waals surface area contributed by atoms with E-state index in [-0.39, 0.29) is 16.2 Å². The largest absolute Gasteiger partial charge is 0.310 e. The molecule has 1 nitrogen and oxygen atoms in total. The molecule has 0 saturated carbocycles. The third-order valence-corrected chi connectivity index (χ3v) is 12.2. The van der Waals surface area contributed by atoms with E-state index in [9.17, 15) is 0 Å². The molecule has 6 aromatic rings. The molecular weight excluding hydrogens is 591 g/mol. The summed E-state index contributed by atoms with van der Waals surface area (Å²) in [7, 11) is 0. The highest BCUT2D eigenvalue weighted by atomic mass is 15.1. The Balaban J connectivity index is 1.19. The summed E-state index contributed by atoms with van der Waals surface area (Å²) in [5.41, 5.74) is 20.5. The Labute approximate surface area is 292 Å². The molecule has 0 saturated heterocycles. The predicted octanol–water partition coefficient (Wildman–Crippen LogP) is 13.0. The van der Waals surface area contributed by atoms with Crippen LogP contribution in [0.15, 0.2) is 127 Å². The molecular formula is C48H45N. The number of nitrogens with zero attached hydrogens (tertiary/aromatic N) is 1. The van der Waals surface area contributed by atoms with Crippen LogP contribution in [0.2, 0.25) is 0 Å². The number of benzene rings is 6. The second kappa shape index (κ2) is 10.6. The first-order valence-electron chi connectivity index (χ1n) is 18.0. The zero-order valence-corrected chi connectivity index (χ0v) is 29.7. The molecule has 0 amide bonds. The van der Waals surface area contributed by atoms with Crippen LogP contribution < -0.4 is 4.90 Å². The zero-order valence-electron chi connectivity index (χ0n) is 29.7. The minimum absolute atomic E-state index is 0.0640. The zero-order chi connectivity index (χ0) is 33.7. The van der Waals surface area contributed by atoms with Gasteiger partial charge in [0.15, 0.2) is 0 Å². The highest BCUT2D eigenvalue weighted by Crippen LogP contribution is 2.52. The fourth-order valence-electron chi connectivity index (χ4n) is 9.14. The van der Waals surface area contributed by atoms with E-state index in [2.05, 4.69) is 174 Å². The van der Waals surface area contributed by atoms with Crippen molar-refractivity contribution in [1.82, 2.24) is 0 Å². The highest BCUT2D eigenvalue weighted by Gasteiger charge is 2.38. The van der Waals surface area contributed by atoms with Crippen LogP contribution in [0.3, 0.4) is 0 Å². The standard InChI is InChI=1S/C48H45N/c1-46(2)24-25-47(3,4)45-30-37(19-23-43(45)46)49(36-18-22-41-40-14-10-11-15-42(40)48(5,6)44(41)29-36)35-17-21-39-34(28-35)27-33-26-32(16-20-38(33)39)31-12-8-7-9-13-31/h7-23,26,28-30H,24-25,27H2,1-6H3. The second-order valence-electron chi connectivity index (χ2n) is 16.5. The predicted molar refractivity (Wildman–Crippen MR) is 208 cm³/mol. The van der Waals surface area contributed by atoms with Gasteiger partial charge in [-0.3, -0.25) is 0 Å². The van der Waals surface area contributed by atoms with Gasteiger partial charge in [-0.25, -0.2) is 0 Å². The monoisotopic (exact) mass is 635 g/mol. The minimum atomic E-state index is -0.0640. The van der Waals surface area contributed by atoms with Crippen LogP contribution in [0.5, 0.6) is 0 Å². The Hall–Kier alpha value is -4.88. The average Bonchev–Trinajstić information content (AvgIpc) is 3.58. The molecule has 0 aliphatic heterocycles. The van der Waals surface area contributed by atoms with Gasteiger partial charge in [0.1, 0.15) is 0 Å². The third-order valence-electron chi connectivity index (χ3n) is 12.2. The van der Waals surface area contributed by atoms with E-state index in [1.54, 1.807) is 0 Å². The Morgan fingerprint density at radius 2 is 0.959 bits per heavy atom. The minimum Gasteiger partial charge on any atom is -0.310 e. The molecule has 0 heterocycles. The van der Waals surface area contributed by atoms with E-state index in [4.69, 9.17) is 0 Å². The van der Waals surface area contributed by atoms with Crippen molar-refractivity contribution in [2.45, 2.75) is 77.0 Å². The number of hydrogen-bond donors (Lipinski definition) is 0. The van der Waals surface area contributed by atoms with Gasteiger partial charge in [-0.2, -0.15) is 0 Å². The van der Waals surface area contributed by atoms with Crippen molar-refractivity contribution in [3.63, 3.8) is 0 Å². The molecule has 6 aromatic carbocycles. The topological polar surface area (TPSA) is 3.24 Å². The molecule has 0 aromatic heterocycles. The Bertz CT molecular complexity index is 2280. The molecule has 3 aliphatic rings. The lowest BCUT2D eigenvalue weighted by Gasteiger charge is -2.42. The maximum Gasteiger partial charge on any atom is 0.0465 e. The van der Waals surface area contributed by atoms with Crippen LogP contribution in [-0.4, -0.2) is 0 Å². The molecule has 0 fully saturated rings. The van der Waals surface area contributed by atoms with Gasteiger partial charge in [0.05, 0.1) is 0 Å².